The summed E-state index contributed by atoms with van der Waals surface area (Å²) in [6.45, 7) is 2.05. The van der Waals surface area contributed by atoms with E-state index < -0.39 is 0 Å². The van der Waals surface area contributed by atoms with Crippen LogP contribution < -0.4 is 0 Å². The van der Waals surface area contributed by atoms with Gasteiger partial charge in [0.2, 0.25) is 0 Å². The third-order valence-electron chi connectivity index (χ3n) is 2.72. The molecule has 2 aromatic rings. The Morgan fingerprint density at radius 3 is 2.22 bits per heavy atom. The number of aryl methyl sites for hydroxylation is 1. The zero-order valence-corrected chi connectivity index (χ0v) is 10.1. The molecule has 0 radical (unpaired) electrons. The third-order valence-corrected chi connectivity index (χ3v) is 2.72. The number of aldehydes is 1. The molecule has 0 unspecified atom stereocenters. The normalized spacial score (nSPS) is 10.7. The molecule has 90 valence electrons. The highest BCUT2D eigenvalue weighted by Gasteiger charge is 1.99. The van der Waals surface area contributed by atoms with Crippen molar-refractivity contribution in [1.82, 2.24) is 0 Å². The second kappa shape index (κ2) is 5.32. The fourth-order valence-electron chi connectivity index (χ4n) is 1.64. The second-order valence-corrected chi connectivity index (χ2v) is 4.18. The first-order chi connectivity index (χ1) is 8.69. The number of hydrogen-bond acceptors (Lipinski definition) is 2. The Labute approximate surface area is 106 Å². The summed E-state index contributed by atoms with van der Waals surface area (Å²) in [5.41, 5.74) is 3.51. The van der Waals surface area contributed by atoms with Crippen LogP contribution in [0.3, 0.4) is 0 Å². The molecular formula is C16H14O2. The average Bonchev–Trinajstić information content (AvgIpc) is 2.39. The van der Waals surface area contributed by atoms with Crippen molar-refractivity contribution in [3.05, 3.63) is 64.7 Å². The smallest absolute Gasteiger partial charge is 0.153 e. The average molecular weight is 238 g/mol. The van der Waals surface area contributed by atoms with Crippen LogP contribution in [0.15, 0.2) is 42.5 Å². The molecule has 0 bridgehead atoms. The minimum atomic E-state index is 0.0116. The van der Waals surface area contributed by atoms with Crippen LogP contribution in [0.25, 0.3) is 12.2 Å². The molecule has 0 aliphatic rings. The van der Waals surface area contributed by atoms with Gasteiger partial charge in [0.05, 0.1) is 5.56 Å². The Bertz CT molecular complexity index is 581. The van der Waals surface area contributed by atoms with Gasteiger partial charge in [0.15, 0.2) is 6.29 Å². The maximum absolute atomic E-state index is 10.7. The summed E-state index contributed by atoms with van der Waals surface area (Å²) < 4.78 is 0. The van der Waals surface area contributed by atoms with E-state index in [0.717, 1.165) is 11.1 Å². The lowest BCUT2D eigenvalue weighted by Crippen LogP contribution is -1.82. The van der Waals surface area contributed by atoms with Gasteiger partial charge in [0, 0.05) is 0 Å². The molecular weight excluding hydrogens is 224 g/mol. The molecule has 0 saturated heterocycles. The van der Waals surface area contributed by atoms with Crippen LogP contribution in [0.2, 0.25) is 0 Å². The summed E-state index contributed by atoms with van der Waals surface area (Å²) in [5.74, 6) is 0.0116. The Kier molecular flexibility index (Phi) is 3.58. The van der Waals surface area contributed by atoms with Crippen LogP contribution in [-0.2, 0) is 0 Å². The Hall–Kier alpha value is -2.35. The lowest BCUT2D eigenvalue weighted by Gasteiger charge is -1.99. The fourth-order valence-corrected chi connectivity index (χ4v) is 1.64. The number of phenolic OH excluding ortho intramolecular Hbond substituents is 1. The van der Waals surface area contributed by atoms with Gasteiger partial charge >= 0.3 is 0 Å². The number of aromatic hydroxyl groups is 1. The summed E-state index contributed by atoms with van der Waals surface area (Å²) in [6, 6.07) is 13.1. The van der Waals surface area contributed by atoms with Crippen molar-refractivity contribution in [3.8, 4) is 5.75 Å². The molecule has 0 heterocycles. The lowest BCUT2D eigenvalue weighted by atomic mass is 10.1. The highest BCUT2D eigenvalue weighted by molar-refractivity contribution is 5.81. The van der Waals surface area contributed by atoms with E-state index in [9.17, 15) is 9.90 Å². The SMILES string of the molecule is Cc1ccc(/C=C/c2ccc(O)c(C=O)c2)cc1. The van der Waals surface area contributed by atoms with Crippen molar-refractivity contribution in [3.63, 3.8) is 0 Å². The van der Waals surface area contributed by atoms with Crippen LogP contribution in [0.1, 0.15) is 27.0 Å². The molecule has 0 fully saturated rings. The molecule has 2 aromatic carbocycles. The predicted octanol–water partition coefficient (Wildman–Crippen LogP) is 3.68. The predicted molar refractivity (Wildman–Crippen MR) is 73.6 cm³/mol. The number of phenols is 1. The van der Waals surface area contributed by atoms with Crippen LogP contribution in [0, 0.1) is 6.92 Å². The number of hydrogen-bond donors (Lipinski definition) is 1. The molecule has 18 heavy (non-hydrogen) atoms. The van der Waals surface area contributed by atoms with Gasteiger partial charge in [0.25, 0.3) is 0 Å². The van der Waals surface area contributed by atoms with Crippen molar-refractivity contribution in [1.29, 1.82) is 0 Å². The molecule has 0 atom stereocenters. The van der Waals surface area contributed by atoms with E-state index >= 15 is 0 Å². The summed E-state index contributed by atoms with van der Waals surface area (Å²) >= 11 is 0. The van der Waals surface area contributed by atoms with Gasteiger partial charge in [-0.2, -0.15) is 0 Å². The van der Waals surface area contributed by atoms with Crippen LogP contribution >= 0.6 is 0 Å². The molecule has 0 aromatic heterocycles. The zero-order chi connectivity index (χ0) is 13.0. The maximum atomic E-state index is 10.7. The first-order valence-corrected chi connectivity index (χ1v) is 5.72. The second-order valence-electron chi connectivity index (χ2n) is 4.18. The highest BCUT2D eigenvalue weighted by atomic mass is 16.3. The van der Waals surface area contributed by atoms with Crippen molar-refractivity contribution >= 4 is 18.4 Å². The standard InChI is InChI=1S/C16H14O2/c1-12-2-4-13(5-3-12)6-7-14-8-9-16(18)15(10-14)11-17/h2-11,18H,1H3/b7-6+. The zero-order valence-electron chi connectivity index (χ0n) is 10.1. The van der Waals surface area contributed by atoms with Crippen molar-refractivity contribution < 1.29 is 9.90 Å². The molecule has 2 rings (SSSR count). The maximum Gasteiger partial charge on any atom is 0.153 e. The van der Waals surface area contributed by atoms with E-state index in [4.69, 9.17) is 0 Å². The molecule has 0 aliphatic heterocycles. The lowest BCUT2D eigenvalue weighted by molar-refractivity contribution is 0.112. The molecule has 0 amide bonds. The number of rotatable bonds is 3. The quantitative estimate of drug-likeness (QED) is 0.654. The van der Waals surface area contributed by atoms with Gasteiger partial charge in [-0.05, 0) is 30.2 Å². The summed E-state index contributed by atoms with van der Waals surface area (Å²) in [4.78, 5) is 10.7. The van der Waals surface area contributed by atoms with Gasteiger partial charge in [-0.25, -0.2) is 0 Å². The van der Waals surface area contributed by atoms with E-state index in [1.807, 2.05) is 43.3 Å². The van der Waals surface area contributed by atoms with Crippen molar-refractivity contribution in [2.24, 2.45) is 0 Å². The Morgan fingerprint density at radius 1 is 0.944 bits per heavy atom. The fraction of sp³-hybridized carbons (Fsp3) is 0.0625. The first-order valence-electron chi connectivity index (χ1n) is 5.72. The minimum Gasteiger partial charge on any atom is -0.507 e. The van der Waals surface area contributed by atoms with Crippen LogP contribution in [-0.4, -0.2) is 11.4 Å². The topological polar surface area (TPSA) is 37.3 Å². The monoisotopic (exact) mass is 238 g/mol. The molecule has 0 spiro atoms. The van der Waals surface area contributed by atoms with Crippen molar-refractivity contribution in [2.45, 2.75) is 6.92 Å². The van der Waals surface area contributed by atoms with Crippen molar-refractivity contribution in [2.75, 3.05) is 0 Å². The highest BCUT2D eigenvalue weighted by Crippen LogP contribution is 2.18. The van der Waals surface area contributed by atoms with Gasteiger partial charge in [-0.1, -0.05) is 48.0 Å². The van der Waals surface area contributed by atoms with Crippen LogP contribution in [0.5, 0.6) is 5.75 Å². The van der Waals surface area contributed by atoms with Gasteiger partial charge < -0.3 is 5.11 Å². The van der Waals surface area contributed by atoms with E-state index in [1.54, 1.807) is 12.1 Å². The minimum absolute atomic E-state index is 0.0116. The van der Waals surface area contributed by atoms with E-state index in [-0.39, 0.29) is 5.75 Å². The molecule has 2 nitrogen and oxygen atoms in total. The Balaban J connectivity index is 2.23. The molecule has 1 N–H and O–H groups in total. The summed E-state index contributed by atoms with van der Waals surface area (Å²) in [7, 11) is 0. The molecule has 2 heteroatoms. The van der Waals surface area contributed by atoms with Gasteiger partial charge in [-0.15, -0.1) is 0 Å². The van der Waals surface area contributed by atoms with E-state index in [0.29, 0.717) is 11.8 Å². The first kappa shape index (κ1) is 12.1. The summed E-state index contributed by atoms with van der Waals surface area (Å²) in [6.07, 6.45) is 4.54. The number of carbonyl (C=O) groups excluding carboxylic acids is 1. The van der Waals surface area contributed by atoms with E-state index in [2.05, 4.69) is 0 Å². The van der Waals surface area contributed by atoms with E-state index in [1.165, 1.54) is 11.6 Å². The van der Waals surface area contributed by atoms with Gasteiger partial charge in [-0.3, -0.25) is 4.79 Å². The number of carbonyl (C=O) groups is 1. The molecule has 0 saturated carbocycles. The van der Waals surface area contributed by atoms with Gasteiger partial charge in [0.1, 0.15) is 5.75 Å². The largest absolute Gasteiger partial charge is 0.507 e. The third kappa shape index (κ3) is 2.86. The Morgan fingerprint density at radius 2 is 1.56 bits per heavy atom. The number of benzene rings is 2. The van der Waals surface area contributed by atoms with Crippen LogP contribution in [0.4, 0.5) is 0 Å². The molecule has 0 aliphatic carbocycles. The summed E-state index contributed by atoms with van der Waals surface area (Å²) in [5, 5.41) is 9.40.